The molecule has 0 bridgehead atoms. The van der Waals surface area contributed by atoms with Crippen LogP contribution in [0.5, 0.6) is 5.75 Å². The van der Waals surface area contributed by atoms with Gasteiger partial charge in [0.25, 0.3) is 0 Å². The standard InChI is InChI=1S/C16H17Cl2NO/c1-3-19-10-11-6-4-5-7-12(11)13-8-15(18)16(20-2)9-14(13)17/h4-9,19H,3,10H2,1-2H3. The fraction of sp³-hybridized carbons (Fsp3) is 0.250. The highest BCUT2D eigenvalue weighted by Gasteiger charge is 2.12. The van der Waals surface area contributed by atoms with Crippen molar-refractivity contribution in [2.75, 3.05) is 13.7 Å². The number of ether oxygens (including phenoxy) is 1. The summed E-state index contributed by atoms with van der Waals surface area (Å²) in [5.41, 5.74) is 3.20. The Morgan fingerprint density at radius 1 is 1.05 bits per heavy atom. The summed E-state index contributed by atoms with van der Waals surface area (Å²) in [4.78, 5) is 0. The third-order valence-corrected chi connectivity index (χ3v) is 3.72. The van der Waals surface area contributed by atoms with Crippen LogP contribution < -0.4 is 10.1 Å². The molecule has 0 aliphatic carbocycles. The Morgan fingerprint density at radius 3 is 2.50 bits per heavy atom. The Hall–Kier alpha value is -1.22. The first-order chi connectivity index (χ1) is 9.67. The van der Waals surface area contributed by atoms with Gasteiger partial charge in [-0.05, 0) is 23.7 Å². The second-order valence-corrected chi connectivity index (χ2v) is 5.22. The van der Waals surface area contributed by atoms with Crippen molar-refractivity contribution in [3.63, 3.8) is 0 Å². The van der Waals surface area contributed by atoms with Crippen molar-refractivity contribution in [3.8, 4) is 16.9 Å². The maximum atomic E-state index is 6.36. The Labute approximate surface area is 129 Å². The molecule has 2 nitrogen and oxygen atoms in total. The van der Waals surface area contributed by atoms with E-state index in [2.05, 4.69) is 24.4 Å². The van der Waals surface area contributed by atoms with E-state index in [-0.39, 0.29) is 0 Å². The van der Waals surface area contributed by atoms with Crippen LogP contribution in [0, 0.1) is 0 Å². The predicted octanol–water partition coefficient (Wildman–Crippen LogP) is 4.78. The van der Waals surface area contributed by atoms with Gasteiger partial charge in [0.15, 0.2) is 0 Å². The molecule has 0 aliphatic rings. The molecule has 0 atom stereocenters. The van der Waals surface area contributed by atoms with E-state index in [4.69, 9.17) is 27.9 Å². The van der Waals surface area contributed by atoms with E-state index in [1.807, 2.05) is 18.2 Å². The molecular weight excluding hydrogens is 293 g/mol. The third kappa shape index (κ3) is 3.26. The Morgan fingerprint density at radius 2 is 1.80 bits per heavy atom. The molecule has 0 saturated heterocycles. The predicted molar refractivity (Wildman–Crippen MR) is 85.8 cm³/mol. The van der Waals surface area contributed by atoms with Gasteiger partial charge in [-0.2, -0.15) is 0 Å². The van der Waals surface area contributed by atoms with Gasteiger partial charge in [-0.15, -0.1) is 0 Å². The van der Waals surface area contributed by atoms with Gasteiger partial charge in [0.1, 0.15) is 5.75 Å². The summed E-state index contributed by atoms with van der Waals surface area (Å²) < 4.78 is 5.18. The molecule has 2 rings (SSSR count). The lowest BCUT2D eigenvalue weighted by Crippen LogP contribution is -2.12. The zero-order chi connectivity index (χ0) is 14.5. The second kappa shape index (κ2) is 6.98. The summed E-state index contributed by atoms with van der Waals surface area (Å²) in [6.45, 7) is 3.80. The SMILES string of the molecule is CCNCc1ccccc1-c1cc(Cl)c(OC)cc1Cl. The molecular formula is C16H17Cl2NO. The Kier molecular flexibility index (Phi) is 5.30. The number of methoxy groups -OCH3 is 1. The molecule has 106 valence electrons. The zero-order valence-electron chi connectivity index (χ0n) is 11.5. The van der Waals surface area contributed by atoms with Gasteiger partial charge in [0, 0.05) is 18.2 Å². The first kappa shape index (κ1) is 15.2. The maximum absolute atomic E-state index is 6.36. The Balaban J connectivity index is 2.48. The van der Waals surface area contributed by atoms with Crippen LogP contribution in [0.4, 0.5) is 0 Å². The summed E-state index contributed by atoms with van der Waals surface area (Å²) in [6, 6.07) is 11.8. The van der Waals surface area contributed by atoms with E-state index in [0.29, 0.717) is 15.8 Å². The zero-order valence-corrected chi connectivity index (χ0v) is 13.1. The molecule has 0 amide bonds. The van der Waals surface area contributed by atoms with Crippen LogP contribution in [-0.2, 0) is 6.54 Å². The molecule has 20 heavy (non-hydrogen) atoms. The lowest BCUT2D eigenvalue weighted by molar-refractivity contribution is 0.415. The van der Waals surface area contributed by atoms with E-state index >= 15 is 0 Å². The largest absolute Gasteiger partial charge is 0.495 e. The highest BCUT2D eigenvalue weighted by molar-refractivity contribution is 6.36. The monoisotopic (exact) mass is 309 g/mol. The minimum atomic E-state index is 0.560. The number of halogens is 2. The van der Waals surface area contributed by atoms with Gasteiger partial charge in [-0.3, -0.25) is 0 Å². The molecule has 0 aliphatic heterocycles. The number of nitrogens with one attached hydrogen (secondary N) is 1. The first-order valence-corrected chi connectivity index (χ1v) is 7.25. The second-order valence-electron chi connectivity index (χ2n) is 4.40. The fourth-order valence-electron chi connectivity index (χ4n) is 2.09. The van der Waals surface area contributed by atoms with Gasteiger partial charge in [0.05, 0.1) is 17.2 Å². The molecule has 0 unspecified atom stereocenters. The molecule has 0 fully saturated rings. The summed E-state index contributed by atoms with van der Waals surface area (Å²) >= 11 is 12.6. The lowest BCUT2D eigenvalue weighted by Gasteiger charge is -2.13. The topological polar surface area (TPSA) is 21.3 Å². The molecule has 0 heterocycles. The quantitative estimate of drug-likeness (QED) is 0.858. The van der Waals surface area contributed by atoms with Gasteiger partial charge in [0.2, 0.25) is 0 Å². The van der Waals surface area contributed by atoms with E-state index in [1.165, 1.54) is 5.56 Å². The van der Waals surface area contributed by atoms with Crippen LogP contribution in [-0.4, -0.2) is 13.7 Å². The third-order valence-electron chi connectivity index (χ3n) is 3.11. The number of hydrogen-bond acceptors (Lipinski definition) is 2. The highest BCUT2D eigenvalue weighted by atomic mass is 35.5. The van der Waals surface area contributed by atoms with E-state index in [1.54, 1.807) is 13.2 Å². The van der Waals surface area contributed by atoms with Crippen LogP contribution in [0.2, 0.25) is 10.0 Å². The van der Waals surface area contributed by atoms with Gasteiger partial charge in [-0.1, -0.05) is 54.4 Å². The van der Waals surface area contributed by atoms with Crippen molar-refractivity contribution in [1.29, 1.82) is 0 Å². The average molecular weight is 310 g/mol. The van der Waals surface area contributed by atoms with Crippen molar-refractivity contribution in [1.82, 2.24) is 5.32 Å². The van der Waals surface area contributed by atoms with Crippen LogP contribution in [0.3, 0.4) is 0 Å². The molecule has 0 spiro atoms. The summed E-state index contributed by atoms with van der Waals surface area (Å²) in [7, 11) is 1.58. The van der Waals surface area contributed by atoms with Crippen molar-refractivity contribution in [2.45, 2.75) is 13.5 Å². The molecule has 0 aromatic heterocycles. The van der Waals surface area contributed by atoms with E-state index < -0.39 is 0 Å². The normalized spacial score (nSPS) is 10.6. The minimum Gasteiger partial charge on any atom is -0.495 e. The van der Waals surface area contributed by atoms with Crippen molar-refractivity contribution in [2.24, 2.45) is 0 Å². The van der Waals surface area contributed by atoms with E-state index in [9.17, 15) is 0 Å². The molecule has 2 aromatic carbocycles. The maximum Gasteiger partial charge on any atom is 0.138 e. The molecule has 0 radical (unpaired) electrons. The Bertz CT molecular complexity index is 599. The molecule has 4 heteroatoms. The molecule has 2 aromatic rings. The average Bonchev–Trinajstić information content (AvgIpc) is 2.47. The van der Waals surface area contributed by atoms with Gasteiger partial charge < -0.3 is 10.1 Å². The number of hydrogen-bond donors (Lipinski definition) is 1. The molecule has 0 saturated carbocycles. The van der Waals surface area contributed by atoms with Crippen molar-refractivity contribution < 1.29 is 4.74 Å². The van der Waals surface area contributed by atoms with Gasteiger partial charge >= 0.3 is 0 Å². The number of rotatable bonds is 5. The molecule has 1 N–H and O–H groups in total. The lowest BCUT2D eigenvalue weighted by atomic mass is 9.99. The van der Waals surface area contributed by atoms with Gasteiger partial charge in [-0.25, -0.2) is 0 Å². The van der Waals surface area contributed by atoms with Crippen LogP contribution in [0.15, 0.2) is 36.4 Å². The fourth-order valence-corrected chi connectivity index (χ4v) is 2.58. The van der Waals surface area contributed by atoms with Crippen LogP contribution in [0.25, 0.3) is 11.1 Å². The van der Waals surface area contributed by atoms with Crippen LogP contribution >= 0.6 is 23.2 Å². The summed E-state index contributed by atoms with van der Waals surface area (Å²) in [5.74, 6) is 0.588. The summed E-state index contributed by atoms with van der Waals surface area (Å²) in [6.07, 6.45) is 0. The van der Waals surface area contributed by atoms with E-state index in [0.717, 1.165) is 24.2 Å². The highest BCUT2D eigenvalue weighted by Crippen LogP contribution is 2.37. The smallest absolute Gasteiger partial charge is 0.138 e. The summed E-state index contributed by atoms with van der Waals surface area (Å²) in [5, 5.41) is 4.53. The van der Waals surface area contributed by atoms with Crippen molar-refractivity contribution >= 4 is 23.2 Å². The number of benzene rings is 2. The van der Waals surface area contributed by atoms with Crippen LogP contribution in [0.1, 0.15) is 12.5 Å². The first-order valence-electron chi connectivity index (χ1n) is 6.49. The minimum absolute atomic E-state index is 0.560. The van der Waals surface area contributed by atoms with Crippen molar-refractivity contribution in [3.05, 3.63) is 52.0 Å².